The van der Waals surface area contributed by atoms with E-state index < -0.39 is 6.04 Å². The summed E-state index contributed by atoms with van der Waals surface area (Å²) in [4.78, 5) is 23.3. The third-order valence-electron chi connectivity index (χ3n) is 2.43. The van der Waals surface area contributed by atoms with Crippen LogP contribution in [0.3, 0.4) is 0 Å². The van der Waals surface area contributed by atoms with Crippen LogP contribution < -0.4 is 11.1 Å². The number of halogens is 1. The van der Waals surface area contributed by atoms with E-state index in [1.807, 2.05) is 0 Å². The number of rotatable bonds is 4. The smallest absolute Gasteiger partial charge is 0.252 e. The van der Waals surface area contributed by atoms with Gasteiger partial charge in [-0.1, -0.05) is 23.7 Å². The van der Waals surface area contributed by atoms with E-state index in [4.69, 9.17) is 17.3 Å². The molecule has 1 amide bonds. The molecule has 1 unspecified atom stereocenters. The lowest BCUT2D eigenvalue weighted by molar-refractivity contribution is -0.119. The van der Waals surface area contributed by atoms with Crippen molar-refractivity contribution in [2.75, 3.05) is 7.05 Å². The van der Waals surface area contributed by atoms with E-state index in [0.29, 0.717) is 16.1 Å². The topological polar surface area (TPSA) is 72.2 Å². The Kier molecular flexibility index (Phi) is 4.66. The summed E-state index contributed by atoms with van der Waals surface area (Å²) in [5.41, 5.74) is 6.43. The molecule has 1 rings (SSSR count). The van der Waals surface area contributed by atoms with E-state index in [1.54, 1.807) is 25.1 Å². The van der Waals surface area contributed by atoms with Gasteiger partial charge in [-0.2, -0.15) is 0 Å². The average Bonchev–Trinajstić information content (AvgIpc) is 2.28. The number of ketones is 1. The quantitative estimate of drug-likeness (QED) is 0.847. The van der Waals surface area contributed by atoms with Gasteiger partial charge in [0.25, 0.3) is 5.91 Å². The first-order chi connectivity index (χ1) is 7.97. The number of nitrogens with two attached hydrogens (primary N) is 1. The minimum atomic E-state index is -0.550. The van der Waals surface area contributed by atoms with E-state index in [0.717, 1.165) is 0 Å². The summed E-state index contributed by atoms with van der Waals surface area (Å²) in [7, 11) is 1.52. The van der Waals surface area contributed by atoms with Crippen molar-refractivity contribution in [1.82, 2.24) is 5.32 Å². The zero-order valence-electron chi connectivity index (χ0n) is 9.79. The van der Waals surface area contributed by atoms with Crippen LogP contribution in [0.2, 0.25) is 5.02 Å². The maximum absolute atomic E-state index is 11.7. The van der Waals surface area contributed by atoms with Gasteiger partial charge < -0.3 is 11.1 Å². The molecule has 0 aliphatic rings. The number of hydrogen-bond acceptors (Lipinski definition) is 3. The SMILES string of the molecule is CNC(=O)c1c(Cl)cccc1CC(=O)C(C)N. The minimum Gasteiger partial charge on any atom is -0.355 e. The van der Waals surface area contributed by atoms with Crippen LogP contribution in [0.25, 0.3) is 0 Å². The number of carbonyl (C=O) groups is 2. The second-order valence-electron chi connectivity index (χ2n) is 3.78. The minimum absolute atomic E-state index is 0.112. The highest BCUT2D eigenvalue weighted by Gasteiger charge is 2.17. The number of benzene rings is 1. The largest absolute Gasteiger partial charge is 0.355 e. The molecule has 0 fully saturated rings. The predicted molar refractivity (Wildman–Crippen MR) is 67.2 cm³/mol. The summed E-state index contributed by atoms with van der Waals surface area (Å²) in [5.74, 6) is -0.430. The number of nitrogens with one attached hydrogen (secondary N) is 1. The Bertz CT molecular complexity index is 444. The molecule has 0 saturated carbocycles. The van der Waals surface area contributed by atoms with Gasteiger partial charge >= 0.3 is 0 Å². The Labute approximate surface area is 105 Å². The highest BCUT2D eigenvalue weighted by atomic mass is 35.5. The van der Waals surface area contributed by atoms with E-state index in [9.17, 15) is 9.59 Å². The molecule has 0 spiro atoms. The monoisotopic (exact) mass is 254 g/mol. The Hall–Kier alpha value is -1.39. The Balaban J connectivity index is 3.11. The van der Waals surface area contributed by atoms with Crippen molar-refractivity contribution in [2.24, 2.45) is 5.73 Å². The standard InChI is InChI=1S/C12H15ClN2O2/c1-7(14)10(16)6-8-4-3-5-9(13)11(8)12(17)15-2/h3-5,7H,6,14H2,1-2H3,(H,15,17). The van der Waals surface area contributed by atoms with Crippen molar-refractivity contribution in [1.29, 1.82) is 0 Å². The fraction of sp³-hybridized carbons (Fsp3) is 0.333. The molecule has 92 valence electrons. The van der Waals surface area contributed by atoms with Crippen molar-refractivity contribution in [3.05, 3.63) is 34.3 Å². The van der Waals surface area contributed by atoms with Crippen LogP contribution in [-0.4, -0.2) is 24.8 Å². The molecule has 17 heavy (non-hydrogen) atoms. The van der Waals surface area contributed by atoms with Crippen LogP contribution in [0, 0.1) is 0 Å². The van der Waals surface area contributed by atoms with E-state index >= 15 is 0 Å². The second-order valence-corrected chi connectivity index (χ2v) is 4.19. The molecule has 3 N–H and O–H groups in total. The van der Waals surface area contributed by atoms with Gasteiger partial charge in [-0.05, 0) is 18.6 Å². The lowest BCUT2D eigenvalue weighted by Crippen LogP contribution is -2.29. The molecule has 0 aromatic heterocycles. The maximum atomic E-state index is 11.7. The first-order valence-corrected chi connectivity index (χ1v) is 5.63. The van der Waals surface area contributed by atoms with Crippen LogP contribution in [-0.2, 0) is 11.2 Å². The number of Topliss-reactive ketones (excluding diaryl/α,β-unsaturated/α-hetero) is 1. The van der Waals surface area contributed by atoms with Crippen LogP contribution in [0.15, 0.2) is 18.2 Å². The van der Waals surface area contributed by atoms with E-state index in [1.165, 1.54) is 7.05 Å². The molecule has 5 heteroatoms. The van der Waals surface area contributed by atoms with Gasteiger partial charge in [-0.15, -0.1) is 0 Å². The fourth-order valence-electron chi connectivity index (χ4n) is 1.44. The van der Waals surface area contributed by atoms with Crippen molar-refractivity contribution >= 4 is 23.3 Å². The highest BCUT2D eigenvalue weighted by molar-refractivity contribution is 6.34. The first kappa shape index (κ1) is 13.7. The molecular formula is C12H15ClN2O2. The third kappa shape index (κ3) is 3.28. The summed E-state index contributed by atoms with van der Waals surface area (Å²) in [5, 5.41) is 2.83. The Morgan fingerprint density at radius 1 is 1.47 bits per heavy atom. The molecular weight excluding hydrogens is 240 g/mol. The number of hydrogen-bond donors (Lipinski definition) is 2. The lowest BCUT2D eigenvalue weighted by Gasteiger charge is -2.10. The van der Waals surface area contributed by atoms with Crippen LogP contribution in [0.4, 0.5) is 0 Å². The van der Waals surface area contributed by atoms with E-state index in [-0.39, 0.29) is 18.1 Å². The zero-order chi connectivity index (χ0) is 13.0. The summed E-state index contributed by atoms with van der Waals surface area (Å²) >= 11 is 5.96. The molecule has 1 aromatic carbocycles. The Morgan fingerprint density at radius 3 is 2.65 bits per heavy atom. The average molecular weight is 255 g/mol. The van der Waals surface area contributed by atoms with Gasteiger partial charge in [-0.3, -0.25) is 9.59 Å². The second kappa shape index (κ2) is 5.80. The molecule has 0 bridgehead atoms. The first-order valence-electron chi connectivity index (χ1n) is 5.25. The van der Waals surface area contributed by atoms with Gasteiger partial charge in [-0.25, -0.2) is 0 Å². The molecule has 0 aliphatic carbocycles. The van der Waals surface area contributed by atoms with Crippen molar-refractivity contribution in [3.63, 3.8) is 0 Å². The summed E-state index contributed by atoms with van der Waals surface area (Å²) in [6, 6.07) is 4.48. The normalized spacial score (nSPS) is 12.0. The molecule has 0 aliphatic heterocycles. The maximum Gasteiger partial charge on any atom is 0.252 e. The van der Waals surface area contributed by atoms with Gasteiger partial charge in [0, 0.05) is 13.5 Å². The van der Waals surface area contributed by atoms with Gasteiger partial charge in [0.2, 0.25) is 0 Å². The van der Waals surface area contributed by atoms with Crippen LogP contribution in [0.1, 0.15) is 22.8 Å². The molecule has 1 aromatic rings. The van der Waals surface area contributed by atoms with Crippen molar-refractivity contribution in [3.8, 4) is 0 Å². The van der Waals surface area contributed by atoms with Gasteiger partial charge in [0.1, 0.15) is 0 Å². The summed E-state index contributed by atoms with van der Waals surface area (Å²) in [6.07, 6.45) is 0.112. The van der Waals surface area contributed by atoms with Crippen LogP contribution in [0.5, 0.6) is 0 Å². The lowest BCUT2D eigenvalue weighted by atomic mass is 9.99. The molecule has 1 atom stereocenters. The number of amides is 1. The third-order valence-corrected chi connectivity index (χ3v) is 2.74. The molecule has 0 saturated heterocycles. The zero-order valence-corrected chi connectivity index (χ0v) is 10.5. The Morgan fingerprint density at radius 2 is 2.12 bits per heavy atom. The van der Waals surface area contributed by atoms with Gasteiger partial charge in [0.15, 0.2) is 5.78 Å². The molecule has 0 heterocycles. The highest BCUT2D eigenvalue weighted by Crippen LogP contribution is 2.20. The molecule has 0 radical (unpaired) electrons. The van der Waals surface area contributed by atoms with Gasteiger partial charge in [0.05, 0.1) is 16.6 Å². The van der Waals surface area contributed by atoms with Crippen molar-refractivity contribution < 1.29 is 9.59 Å². The predicted octanol–water partition coefficient (Wildman–Crippen LogP) is 1.16. The van der Waals surface area contributed by atoms with Crippen LogP contribution >= 0.6 is 11.6 Å². The van der Waals surface area contributed by atoms with Crippen molar-refractivity contribution in [2.45, 2.75) is 19.4 Å². The van der Waals surface area contributed by atoms with E-state index in [2.05, 4.69) is 5.32 Å². The summed E-state index contributed by atoms with van der Waals surface area (Å²) < 4.78 is 0. The number of carbonyl (C=O) groups excluding carboxylic acids is 2. The summed E-state index contributed by atoms with van der Waals surface area (Å²) in [6.45, 7) is 1.62. The fourth-order valence-corrected chi connectivity index (χ4v) is 1.72. The molecule has 4 nitrogen and oxygen atoms in total.